The number of aromatic nitrogens is 3. The van der Waals surface area contributed by atoms with E-state index in [1.165, 1.54) is 11.8 Å². The molecule has 9 heteroatoms. The monoisotopic (exact) mass is 434 g/mol. The van der Waals surface area contributed by atoms with Crippen molar-refractivity contribution in [2.75, 3.05) is 42.3 Å². The molecule has 1 fully saturated rings. The molecule has 4 rings (SSSR count). The fourth-order valence-corrected chi connectivity index (χ4v) is 4.02. The highest BCUT2D eigenvalue weighted by Gasteiger charge is 2.21. The molecular formula is C22H22N6O2S. The lowest BCUT2D eigenvalue weighted by molar-refractivity contribution is -0.113. The van der Waals surface area contributed by atoms with Crippen molar-refractivity contribution in [1.29, 1.82) is 5.26 Å². The summed E-state index contributed by atoms with van der Waals surface area (Å²) in [5.74, 6) is 0.811. The first-order valence-corrected chi connectivity index (χ1v) is 10.9. The van der Waals surface area contributed by atoms with Crippen molar-refractivity contribution in [1.82, 2.24) is 14.8 Å². The fraction of sp³-hybridized carbons (Fsp3) is 0.273. The number of anilines is 2. The molecule has 3 aromatic rings. The van der Waals surface area contributed by atoms with E-state index in [4.69, 9.17) is 10.00 Å². The van der Waals surface area contributed by atoms with Crippen molar-refractivity contribution in [2.45, 2.75) is 11.7 Å². The van der Waals surface area contributed by atoms with E-state index in [0.717, 1.165) is 24.6 Å². The Labute approximate surface area is 184 Å². The van der Waals surface area contributed by atoms with E-state index in [0.29, 0.717) is 36.2 Å². The largest absolute Gasteiger partial charge is 0.378 e. The Kier molecular flexibility index (Phi) is 6.82. The molecule has 0 saturated carbocycles. The first-order valence-electron chi connectivity index (χ1n) is 9.95. The molecule has 1 aliphatic heterocycles. The lowest BCUT2D eigenvalue weighted by Crippen LogP contribution is -2.38. The number of morpholine rings is 1. The highest BCUT2D eigenvalue weighted by Crippen LogP contribution is 2.24. The topological polar surface area (TPSA) is 96.1 Å². The van der Waals surface area contributed by atoms with E-state index >= 15 is 0 Å². The Bertz CT molecular complexity index is 1070. The molecular weight excluding hydrogens is 412 g/mol. The van der Waals surface area contributed by atoms with Crippen LogP contribution in [0.1, 0.15) is 11.1 Å². The summed E-state index contributed by atoms with van der Waals surface area (Å²) in [5, 5.41) is 21.3. The van der Waals surface area contributed by atoms with Gasteiger partial charge in [-0.15, -0.1) is 10.2 Å². The molecule has 0 radical (unpaired) electrons. The molecule has 31 heavy (non-hydrogen) atoms. The summed E-state index contributed by atoms with van der Waals surface area (Å²) in [6.07, 6.45) is 0. The number of carbonyl (C=O) groups is 1. The standard InChI is InChI=1S/C22H22N6O2S/c23-14-18-7-4-8-19(13-18)24-20(29)16-31-22-26-25-21(27-9-11-30-12-10-27)28(22)15-17-5-2-1-3-6-17/h1-8,13H,9-12,15-16H2,(H,24,29). The lowest BCUT2D eigenvalue weighted by atomic mass is 10.2. The van der Waals surface area contributed by atoms with Crippen molar-refractivity contribution in [3.05, 3.63) is 65.7 Å². The van der Waals surface area contributed by atoms with Crippen molar-refractivity contribution in [3.8, 4) is 6.07 Å². The van der Waals surface area contributed by atoms with E-state index in [2.05, 4.69) is 43.2 Å². The summed E-state index contributed by atoms with van der Waals surface area (Å²) in [7, 11) is 0. The first kappa shape index (κ1) is 20.9. The lowest BCUT2D eigenvalue weighted by Gasteiger charge is -2.28. The fourth-order valence-electron chi connectivity index (χ4n) is 3.28. The van der Waals surface area contributed by atoms with Gasteiger partial charge < -0.3 is 15.0 Å². The van der Waals surface area contributed by atoms with E-state index in [1.807, 2.05) is 18.2 Å². The second-order valence-corrected chi connectivity index (χ2v) is 7.93. The van der Waals surface area contributed by atoms with Gasteiger partial charge in [-0.1, -0.05) is 48.2 Å². The average Bonchev–Trinajstić information content (AvgIpc) is 3.21. The second-order valence-electron chi connectivity index (χ2n) is 6.98. The van der Waals surface area contributed by atoms with Crippen molar-refractivity contribution < 1.29 is 9.53 Å². The van der Waals surface area contributed by atoms with Gasteiger partial charge >= 0.3 is 0 Å². The van der Waals surface area contributed by atoms with Crippen LogP contribution in [0, 0.1) is 11.3 Å². The highest BCUT2D eigenvalue weighted by molar-refractivity contribution is 7.99. The van der Waals surface area contributed by atoms with E-state index in [1.54, 1.807) is 24.3 Å². The number of thioether (sulfide) groups is 1. The predicted molar refractivity (Wildman–Crippen MR) is 119 cm³/mol. The molecule has 1 aromatic heterocycles. The summed E-state index contributed by atoms with van der Waals surface area (Å²) in [6.45, 7) is 3.45. The van der Waals surface area contributed by atoms with Gasteiger partial charge in [0.05, 0.1) is 37.1 Å². The number of nitrogens with one attached hydrogen (secondary N) is 1. The van der Waals surface area contributed by atoms with Crippen LogP contribution in [0.5, 0.6) is 0 Å². The zero-order chi connectivity index (χ0) is 21.5. The summed E-state index contributed by atoms with van der Waals surface area (Å²) in [4.78, 5) is 14.6. The number of benzene rings is 2. The van der Waals surface area contributed by atoms with Gasteiger partial charge in [-0.2, -0.15) is 5.26 Å². The van der Waals surface area contributed by atoms with Gasteiger partial charge in [0.15, 0.2) is 5.16 Å². The van der Waals surface area contributed by atoms with Gasteiger partial charge in [0, 0.05) is 18.8 Å². The Hall–Kier alpha value is -3.35. The molecule has 2 heterocycles. The number of hydrogen-bond donors (Lipinski definition) is 1. The molecule has 0 spiro atoms. The van der Waals surface area contributed by atoms with Crippen LogP contribution >= 0.6 is 11.8 Å². The van der Waals surface area contributed by atoms with Gasteiger partial charge in [-0.3, -0.25) is 9.36 Å². The maximum Gasteiger partial charge on any atom is 0.234 e. The zero-order valence-electron chi connectivity index (χ0n) is 16.9. The first-order chi connectivity index (χ1) is 15.2. The van der Waals surface area contributed by atoms with E-state index in [-0.39, 0.29) is 11.7 Å². The summed E-state index contributed by atoms with van der Waals surface area (Å²) >= 11 is 1.34. The molecule has 2 aromatic carbocycles. The van der Waals surface area contributed by atoms with Gasteiger partial charge in [-0.25, -0.2) is 0 Å². The molecule has 0 aliphatic carbocycles. The maximum absolute atomic E-state index is 12.5. The summed E-state index contributed by atoms with van der Waals surface area (Å²) in [6, 6.07) is 19.0. The molecule has 1 aliphatic rings. The van der Waals surface area contributed by atoms with Crippen LogP contribution in [-0.2, 0) is 16.1 Å². The van der Waals surface area contributed by atoms with Gasteiger partial charge in [-0.05, 0) is 23.8 Å². The molecule has 1 saturated heterocycles. The van der Waals surface area contributed by atoms with Crippen LogP contribution in [0.2, 0.25) is 0 Å². The van der Waals surface area contributed by atoms with Crippen molar-refractivity contribution in [3.63, 3.8) is 0 Å². The molecule has 1 amide bonds. The third kappa shape index (κ3) is 5.42. The second kappa shape index (κ2) is 10.1. The minimum Gasteiger partial charge on any atom is -0.378 e. The number of amides is 1. The maximum atomic E-state index is 12.5. The quantitative estimate of drug-likeness (QED) is 0.571. The number of ether oxygens (including phenoxy) is 1. The Morgan fingerprint density at radius 1 is 1.13 bits per heavy atom. The van der Waals surface area contributed by atoms with Crippen molar-refractivity contribution in [2.24, 2.45) is 0 Å². The van der Waals surface area contributed by atoms with E-state index in [9.17, 15) is 4.79 Å². The SMILES string of the molecule is N#Cc1cccc(NC(=O)CSc2nnc(N3CCOCC3)n2Cc2ccccc2)c1. The number of carbonyl (C=O) groups excluding carboxylic acids is 1. The van der Waals surface area contributed by atoms with Crippen LogP contribution < -0.4 is 10.2 Å². The molecule has 0 unspecified atom stereocenters. The summed E-state index contributed by atoms with van der Waals surface area (Å²) in [5.41, 5.74) is 2.24. The summed E-state index contributed by atoms with van der Waals surface area (Å²) < 4.78 is 7.51. The molecule has 158 valence electrons. The van der Waals surface area contributed by atoms with Gasteiger partial charge in [0.1, 0.15) is 0 Å². The van der Waals surface area contributed by atoms with Crippen LogP contribution in [0.3, 0.4) is 0 Å². The van der Waals surface area contributed by atoms with Crippen LogP contribution in [0.25, 0.3) is 0 Å². The third-order valence-corrected chi connectivity index (χ3v) is 5.75. The minimum atomic E-state index is -0.165. The Morgan fingerprint density at radius 2 is 1.94 bits per heavy atom. The smallest absolute Gasteiger partial charge is 0.234 e. The van der Waals surface area contributed by atoms with Crippen LogP contribution in [0.15, 0.2) is 59.8 Å². The van der Waals surface area contributed by atoms with Crippen LogP contribution in [-0.4, -0.2) is 52.7 Å². The van der Waals surface area contributed by atoms with Gasteiger partial charge in [0.25, 0.3) is 0 Å². The highest BCUT2D eigenvalue weighted by atomic mass is 32.2. The van der Waals surface area contributed by atoms with E-state index < -0.39 is 0 Å². The van der Waals surface area contributed by atoms with Crippen molar-refractivity contribution >= 4 is 29.3 Å². The molecule has 8 nitrogen and oxygen atoms in total. The minimum absolute atomic E-state index is 0.165. The Morgan fingerprint density at radius 3 is 2.71 bits per heavy atom. The molecule has 1 N–H and O–H groups in total. The molecule has 0 atom stereocenters. The Balaban J connectivity index is 1.48. The number of hydrogen-bond acceptors (Lipinski definition) is 7. The van der Waals surface area contributed by atoms with Gasteiger partial charge in [0.2, 0.25) is 11.9 Å². The third-order valence-electron chi connectivity index (χ3n) is 4.78. The number of nitriles is 1. The predicted octanol–water partition coefficient (Wildman–Crippen LogP) is 2.77. The number of nitrogens with zero attached hydrogens (tertiary/aromatic N) is 5. The zero-order valence-corrected chi connectivity index (χ0v) is 17.7. The van der Waals surface area contributed by atoms with Crippen LogP contribution in [0.4, 0.5) is 11.6 Å². The molecule has 0 bridgehead atoms. The number of rotatable bonds is 7. The average molecular weight is 435 g/mol. The normalized spacial score (nSPS) is 13.6.